The van der Waals surface area contributed by atoms with Crippen molar-refractivity contribution < 1.29 is 18.3 Å². The van der Waals surface area contributed by atoms with Crippen molar-refractivity contribution in [3.8, 4) is 0 Å². The number of hydrogen-bond acceptors (Lipinski definition) is 4. The lowest BCUT2D eigenvalue weighted by molar-refractivity contribution is 0.0682. The zero-order valence-electron chi connectivity index (χ0n) is 15.8. The van der Waals surface area contributed by atoms with E-state index in [0.29, 0.717) is 31.0 Å². The minimum absolute atomic E-state index is 0.0940. The average molecular weight is 382 g/mol. The Morgan fingerprint density at radius 3 is 2.61 bits per heavy atom. The number of carbonyl (C=O) groups excluding carboxylic acids is 1. The number of benzene rings is 2. The number of anilines is 1. The van der Waals surface area contributed by atoms with E-state index in [0.717, 1.165) is 29.5 Å². The number of piperidine rings is 1. The second-order valence-electron chi connectivity index (χ2n) is 7.06. The van der Waals surface area contributed by atoms with Gasteiger partial charge in [0.05, 0.1) is 6.61 Å². The molecule has 0 saturated carbocycles. The Bertz CT molecular complexity index is 960. The van der Waals surface area contributed by atoms with Gasteiger partial charge in [0.2, 0.25) is 0 Å². The number of nitrogens with zero attached hydrogens (tertiary/aromatic N) is 1. The predicted molar refractivity (Wildman–Crippen MR) is 106 cm³/mol. The number of rotatable bonds is 5. The Morgan fingerprint density at radius 2 is 1.89 bits per heavy atom. The molecule has 0 atom stereocenters. The first-order valence-electron chi connectivity index (χ1n) is 9.46. The smallest absolute Gasteiger partial charge is 0.289 e. The van der Waals surface area contributed by atoms with Crippen molar-refractivity contribution >= 4 is 22.6 Å². The third kappa shape index (κ3) is 3.73. The number of methoxy groups -OCH3 is 1. The Kier molecular flexibility index (Phi) is 5.30. The number of nitrogens with one attached hydrogen (secondary N) is 1. The molecule has 0 unspecified atom stereocenters. The van der Waals surface area contributed by atoms with Gasteiger partial charge < -0.3 is 19.4 Å². The van der Waals surface area contributed by atoms with Gasteiger partial charge in [-0.2, -0.15) is 0 Å². The van der Waals surface area contributed by atoms with Crippen LogP contribution in [0.15, 0.2) is 52.9 Å². The molecule has 0 bridgehead atoms. The third-order valence-corrected chi connectivity index (χ3v) is 5.18. The SMILES string of the molecule is COCc1c(C(=O)N2CCC(Nc3ccc(F)cc3)CC2)oc2ccccc12. The standard InChI is InChI=1S/C22H23FN2O3/c1-27-14-19-18-4-2-3-5-20(18)28-21(19)22(26)25-12-10-17(11-13-25)24-16-8-6-15(23)7-9-16/h2-9,17,24H,10-14H2,1H3. The molecule has 1 amide bonds. The van der Waals surface area contributed by atoms with Gasteiger partial charge in [0.15, 0.2) is 5.76 Å². The summed E-state index contributed by atoms with van der Waals surface area (Å²) in [6.45, 7) is 1.61. The zero-order chi connectivity index (χ0) is 19.5. The number of likely N-dealkylation sites (tertiary alicyclic amines) is 1. The number of furan rings is 1. The van der Waals surface area contributed by atoms with Crippen molar-refractivity contribution in [1.29, 1.82) is 0 Å². The fourth-order valence-electron chi connectivity index (χ4n) is 3.71. The van der Waals surface area contributed by atoms with Crippen LogP contribution in [-0.2, 0) is 11.3 Å². The highest BCUT2D eigenvalue weighted by Crippen LogP contribution is 2.28. The maximum absolute atomic E-state index is 13.1. The molecule has 3 aromatic rings. The van der Waals surface area contributed by atoms with Gasteiger partial charge in [-0.3, -0.25) is 4.79 Å². The fraction of sp³-hybridized carbons (Fsp3) is 0.318. The number of carbonyl (C=O) groups is 1. The van der Waals surface area contributed by atoms with E-state index in [1.165, 1.54) is 12.1 Å². The summed E-state index contributed by atoms with van der Waals surface area (Å²) < 4.78 is 24.2. The second-order valence-corrected chi connectivity index (χ2v) is 7.06. The second kappa shape index (κ2) is 8.02. The highest BCUT2D eigenvalue weighted by Gasteiger charge is 2.28. The molecule has 2 aromatic carbocycles. The minimum atomic E-state index is -0.247. The highest BCUT2D eigenvalue weighted by atomic mass is 19.1. The van der Waals surface area contributed by atoms with Crippen LogP contribution in [0.2, 0.25) is 0 Å². The molecule has 6 heteroatoms. The van der Waals surface area contributed by atoms with E-state index in [4.69, 9.17) is 9.15 Å². The van der Waals surface area contributed by atoms with Gasteiger partial charge in [-0.15, -0.1) is 0 Å². The molecule has 1 N–H and O–H groups in total. The van der Waals surface area contributed by atoms with Crippen LogP contribution < -0.4 is 5.32 Å². The van der Waals surface area contributed by atoms with Gasteiger partial charge in [0.1, 0.15) is 11.4 Å². The van der Waals surface area contributed by atoms with Crippen LogP contribution in [0, 0.1) is 5.82 Å². The van der Waals surface area contributed by atoms with Crippen LogP contribution in [0.4, 0.5) is 10.1 Å². The monoisotopic (exact) mass is 382 g/mol. The average Bonchev–Trinajstić information content (AvgIpc) is 3.09. The summed E-state index contributed by atoms with van der Waals surface area (Å²) in [7, 11) is 1.61. The van der Waals surface area contributed by atoms with Crippen LogP contribution in [0.5, 0.6) is 0 Å². The summed E-state index contributed by atoms with van der Waals surface area (Å²) in [5.74, 6) is 0.0279. The molecule has 0 radical (unpaired) electrons. The molecule has 2 heterocycles. The van der Waals surface area contributed by atoms with Gasteiger partial charge in [-0.05, 0) is 43.2 Å². The lowest BCUT2D eigenvalue weighted by atomic mass is 10.0. The molecule has 1 aromatic heterocycles. The summed E-state index contributed by atoms with van der Waals surface area (Å²) in [6.07, 6.45) is 1.64. The van der Waals surface area contributed by atoms with Crippen molar-refractivity contribution in [2.45, 2.75) is 25.5 Å². The summed E-state index contributed by atoms with van der Waals surface area (Å²) in [5.41, 5.74) is 2.39. The molecule has 0 spiro atoms. The van der Waals surface area contributed by atoms with Crippen molar-refractivity contribution in [3.05, 3.63) is 65.7 Å². The molecule has 1 aliphatic rings. The Hall–Kier alpha value is -2.86. The molecule has 0 aliphatic carbocycles. The maximum Gasteiger partial charge on any atom is 0.289 e. The molecule has 1 saturated heterocycles. The summed E-state index contributed by atoms with van der Waals surface area (Å²) in [6, 6.07) is 14.2. The zero-order valence-corrected chi connectivity index (χ0v) is 15.8. The van der Waals surface area contributed by atoms with Crippen molar-refractivity contribution in [2.24, 2.45) is 0 Å². The Labute approximate surface area is 163 Å². The van der Waals surface area contributed by atoms with Crippen LogP contribution in [-0.4, -0.2) is 37.0 Å². The molecule has 5 nitrogen and oxygen atoms in total. The first-order valence-corrected chi connectivity index (χ1v) is 9.46. The van der Waals surface area contributed by atoms with E-state index in [1.807, 2.05) is 29.2 Å². The number of fused-ring (bicyclic) bond motifs is 1. The first kappa shape index (κ1) is 18.5. The molecule has 4 rings (SSSR count). The van der Waals surface area contributed by atoms with E-state index in [2.05, 4.69) is 5.32 Å². The number of ether oxygens (including phenoxy) is 1. The molecular weight excluding hydrogens is 359 g/mol. The molecule has 1 aliphatic heterocycles. The van der Waals surface area contributed by atoms with E-state index in [9.17, 15) is 9.18 Å². The van der Waals surface area contributed by atoms with Gasteiger partial charge in [0, 0.05) is 42.9 Å². The number of hydrogen-bond donors (Lipinski definition) is 1. The van der Waals surface area contributed by atoms with Gasteiger partial charge in [-0.1, -0.05) is 18.2 Å². The minimum Gasteiger partial charge on any atom is -0.451 e. The first-order chi connectivity index (χ1) is 13.7. The van der Waals surface area contributed by atoms with Gasteiger partial charge >= 0.3 is 0 Å². The van der Waals surface area contributed by atoms with E-state index in [1.54, 1.807) is 19.2 Å². The van der Waals surface area contributed by atoms with Crippen molar-refractivity contribution in [1.82, 2.24) is 4.90 Å². The normalized spacial score (nSPS) is 15.1. The topological polar surface area (TPSA) is 54.7 Å². The third-order valence-electron chi connectivity index (χ3n) is 5.18. The molecule has 146 valence electrons. The van der Waals surface area contributed by atoms with Crippen LogP contribution >= 0.6 is 0 Å². The maximum atomic E-state index is 13.1. The largest absolute Gasteiger partial charge is 0.451 e. The lowest BCUT2D eigenvalue weighted by Crippen LogP contribution is -2.42. The van der Waals surface area contributed by atoms with Crippen LogP contribution in [0.3, 0.4) is 0 Å². The molecule has 1 fully saturated rings. The summed E-state index contributed by atoms with van der Waals surface area (Å²) >= 11 is 0. The molecular formula is C22H23FN2O3. The van der Waals surface area contributed by atoms with E-state index in [-0.39, 0.29) is 17.8 Å². The Balaban J connectivity index is 1.44. The van der Waals surface area contributed by atoms with Crippen LogP contribution in [0.25, 0.3) is 11.0 Å². The fourth-order valence-corrected chi connectivity index (χ4v) is 3.71. The van der Waals surface area contributed by atoms with Crippen LogP contribution in [0.1, 0.15) is 29.0 Å². The van der Waals surface area contributed by atoms with E-state index >= 15 is 0 Å². The van der Waals surface area contributed by atoms with Crippen molar-refractivity contribution in [3.63, 3.8) is 0 Å². The van der Waals surface area contributed by atoms with Gasteiger partial charge in [0.25, 0.3) is 5.91 Å². The van der Waals surface area contributed by atoms with Gasteiger partial charge in [-0.25, -0.2) is 4.39 Å². The highest BCUT2D eigenvalue weighted by molar-refractivity contribution is 5.99. The number of amides is 1. The quantitative estimate of drug-likeness (QED) is 0.709. The van der Waals surface area contributed by atoms with Crippen molar-refractivity contribution in [2.75, 3.05) is 25.5 Å². The van der Waals surface area contributed by atoms with E-state index < -0.39 is 0 Å². The summed E-state index contributed by atoms with van der Waals surface area (Å²) in [5, 5.41) is 4.33. The summed E-state index contributed by atoms with van der Waals surface area (Å²) in [4.78, 5) is 14.9. The lowest BCUT2D eigenvalue weighted by Gasteiger charge is -2.32. The molecule has 28 heavy (non-hydrogen) atoms. The Morgan fingerprint density at radius 1 is 1.18 bits per heavy atom. The predicted octanol–water partition coefficient (Wildman–Crippen LogP) is 4.44. The number of halogens is 1. The number of para-hydroxylation sites is 1.